The van der Waals surface area contributed by atoms with Gasteiger partial charge in [0.1, 0.15) is 5.82 Å². The van der Waals surface area contributed by atoms with Gasteiger partial charge in [-0.2, -0.15) is 0 Å². The summed E-state index contributed by atoms with van der Waals surface area (Å²) in [6.07, 6.45) is 1.10. The van der Waals surface area contributed by atoms with E-state index in [9.17, 15) is 9.50 Å². The highest BCUT2D eigenvalue weighted by atomic mass is 127. The molecule has 2 aromatic rings. The third-order valence-electron chi connectivity index (χ3n) is 3.00. The lowest BCUT2D eigenvalue weighted by Crippen LogP contribution is -2.30. The Hall–Kier alpha value is -0.940. The van der Waals surface area contributed by atoms with E-state index in [2.05, 4.69) is 22.6 Å². The molecule has 100 valence electrons. The molecular formula is C16H16FIO. The molecule has 0 radical (unpaired) electrons. The maximum Gasteiger partial charge on any atom is 0.123 e. The number of rotatable bonds is 4. The maximum absolute atomic E-state index is 12.8. The molecule has 0 aliphatic carbocycles. The zero-order chi connectivity index (χ0) is 13.9. The largest absolute Gasteiger partial charge is 0.389 e. The Morgan fingerprint density at radius 1 is 0.947 bits per heavy atom. The minimum atomic E-state index is -0.829. The van der Waals surface area contributed by atoms with Crippen molar-refractivity contribution < 1.29 is 9.50 Å². The smallest absolute Gasteiger partial charge is 0.123 e. The van der Waals surface area contributed by atoms with E-state index >= 15 is 0 Å². The van der Waals surface area contributed by atoms with E-state index in [1.165, 1.54) is 15.7 Å². The second kappa shape index (κ2) is 6.01. The van der Waals surface area contributed by atoms with Gasteiger partial charge < -0.3 is 5.11 Å². The van der Waals surface area contributed by atoms with E-state index < -0.39 is 5.60 Å². The Morgan fingerprint density at radius 2 is 1.37 bits per heavy atom. The van der Waals surface area contributed by atoms with Crippen LogP contribution in [0.2, 0.25) is 0 Å². The topological polar surface area (TPSA) is 20.2 Å². The van der Waals surface area contributed by atoms with Crippen molar-refractivity contribution in [3.8, 4) is 0 Å². The van der Waals surface area contributed by atoms with E-state index in [4.69, 9.17) is 0 Å². The van der Waals surface area contributed by atoms with Crippen molar-refractivity contribution in [2.24, 2.45) is 0 Å². The molecule has 0 aliphatic rings. The molecule has 0 saturated carbocycles. The molecule has 0 amide bonds. The Labute approximate surface area is 126 Å². The summed E-state index contributed by atoms with van der Waals surface area (Å²) in [6, 6.07) is 14.4. The summed E-state index contributed by atoms with van der Waals surface area (Å²) in [4.78, 5) is 0. The van der Waals surface area contributed by atoms with Gasteiger partial charge in [0.25, 0.3) is 0 Å². The molecule has 0 saturated heterocycles. The molecule has 0 aliphatic heterocycles. The van der Waals surface area contributed by atoms with Gasteiger partial charge in [-0.05, 0) is 64.9 Å². The van der Waals surface area contributed by atoms with Crippen LogP contribution in [0.5, 0.6) is 0 Å². The summed E-state index contributed by atoms with van der Waals surface area (Å²) in [5, 5.41) is 10.5. The predicted octanol–water partition coefficient (Wildman–Crippen LogP) is 3.97. The fourth-order valence-electron chi connectivity index (χ4n) is 2.15. The molecule has 0 spiro atoms. The SMILES string of the molecule is CC(O)(Cc1ccc(F)cc1)Cc1ccc(I)cc1. The van der Waals surface area contributed by atoms with Gasteiger partial charge in [-0.3, -0.25) is 0 Å². The first-order chi connectivity index (χ1) is 8.94. The number of benzene rings is 2. The van der Waals surface area contributed by atoms with Crippen LogP contribution >= 0.6 is 22.6 Å². The van der Waals surface area contributed by atoms with Gasteiger partial charge in [-0.25, -0.2) is 4.39 Å². The second-order valence-electron chi connectivity index (χ2n) is 5.10. The van der Waals surface area contributed by atoms with E-state index in [0.717, 1.165) is 11.1 Å². The molecule has 0 fully saturated rings. The maximum atomic E-state index is 12.8. The predicted molar refractivity (Wildman–Crippen MR) is 83.6 cm³/mol. The Morgan fingerprint density at radius 3 is 1.84 bits per heavy atom. The molecule has 2 rings (SSSR count). The van der Waals surface area contributed by atoms with Gasteiger partial charge in [0.05, 0.1) is 5.60 Å². The van der Waals surface area contributed by atoms with Crippen molar-refractivity contribution >= 4 is 22.6 Å². The third-order valence-corrected chi connectivity index (χ3v) is 3.72. The van der Waals surface area contributed by atoms with Gasteiger partial charge in [0.15, 0.2) is 0 Å². The molecule has 1 unspecified atom stereocenters. The first-order valence-corrected chi connectivity index (χ1v) is 7.24. The van der Waals surface area contributed by atoms with Crippen LogP contribution in [0, 0.1) is 9.39 Å². The second-order valence-corrected chi connectivity index (χ2v) is 6.35. The van der Waals surface area contributed by atoms with Crippen LogP contribution in [-0.2, 0) is 12.8 Å². The number of halogens is 2. The quantitative estimate of drug-likeness (QED) is 0.808. The summed E-state index contributed by atoms with van der Waals surface area (Å²) in [7, 11) is 0. The number of aliphatic hydroxyl groups is 1. The molecule has 0 bridgehead atoms. The average molecular weight is 370 g/mol. The van der Waals surface area contributed by atoms with Crippen LogP contribution in [0.3, 0.4) is 0 Å². The molecule has 0 aromatic heterocycles. The van der Waals surface area contributed by atoms with E-state index in [-0.39, 0.29) is 5.82 Å². The molecule has 1 atom stereocenters. The van der Waals surface area contributed by atoms with Gasteiger partial charge in [0, 0.05) is 16.4 Å². The fourth-order valence-corrected chi connectivity index (χ4v) is 2.51. The van der Waals surface area contributed by atoms with Crippen molar-refractivity contribution in [3.63, 3.8) is 0 Å². The molecule has 1 nitrogen and oxygen atoms in total. The summed E-state index contributed by atoms with van der Waals surface area (Å²) in [5.41, 5.74) is 1.22. The Balaban J connectivity index is 2.05. The lowest BCUT2D eigenvalue weighted by molar-refractivity contribution is 0.0608. The highest BCUT2D eigenvalue weighted by Gasteiger charge is 2.21. The zero-order valence-corrected chi connectivity index (χ0v) is 12.9. The number of hydrogen-bond donors (Lipinski definition) is 1. The van der Waals surface area contributed by atoms with E-state index in [1.54, 1.807) is 12.1 Å². The first kappa shape index (κ1) is 14.5. The van der Waals surface area contributed by atoms with Crippen molar-refractivity contribution in [1.29, 1.82) is 0 Å². The minimum Gasteiger partial charge on any atom is -0.389 e. The van der Waals surface area contributed by atoms with Crippen molar-refractivity contribution in [3.05, 3.63) is 69.0 Å². The Kier molecular flexibility index (Phi) is 4.58. The van der Waals surface area contributed by atoms with Gasteiger partial charge >= 0.3 is 0 Å². The molecule has 19 heavy (non-hydrogen) atoms. The van der Waals surface area contributed by atoms with Crippen LogP contribution in [0.15, 0.2) is 48.5 Å². The fraction of sp³-hybridized carbons (Fsp3) is 0.250. The monoisotopic (exact) mass is 370 g/mol. The van der Waals surface area contributed by atoms with Gasteiger partial charge in [-0.15, -0.1) is 0 Å². The van der Waals surface area contributed by atoms with E-state index in [1.807, 2.05) is 31.2 Å². The summed E-state index contributed by atoms with van der Waals surface area (Å²) in [5.74, 6) is -0.249. The zero-order valence-electron chi connectivity index (χ0n) is 10.7. The molecular weight excluding hydrogens is 354 g/mol. The van der Waals surface area contributed by atoms with Crippen LogP contribution in [0.4, 0.5) is 4.39 Å². The molecule has 0 heterocycles. The van der Waals surface area contributed by atoms with Crippen LogP contribution in [0.1, 0.15) is 18.1 Å². The summed E-state index contributed by atoms with van der Waals surface area (Å²) in [6.45, 7) is 1.81. The van der Waals surface area contributed by atoms with Crippen molar-refractivity contribution in [2.45, 2.75) is 25.4 Å². The molecule has 3 heteroatoms. The van der Waals surface area contributed by atoms with Gasteiger partial charge in [-0.1, -0.05) is 24.3 Å². The minimum absolute atomic E-state index is 0.249. The van der Waals surface area contributed by atoms with Crippen molar-refractivity contribution in [2.75, 3.05) is 0 Å². The van der Waals surface area contributed by atoms with Crippen LogP contribution in [0.25, 0.3) is 0 Å². The normalized spacial score (nSPS) is 14.1. The number of hydrogen-bond acceptors (Lipinski definition) is 1. The van der Waals surface area contributed by atoms with E-state index in [0.29, 0.717) is 12.8 Å². The Bertz CT molecular complexity index is 482. The van der Waals surface area contributed by atoms with Crippen LogP contribution < -0.4 is 0 Å². The highest BCUT2D eigenvalue weighted by Crippen LogP contribution is 2.19. The highest BCUT2D eigenvalue weighted by molar-refractivity contribution is 14.1. The first-order valence-electron chi connectivity index (χ1n) is 6.16. The average Bonchev–Trinajstić information content (AvgIpc) is 2.34. The summed E-state index contributed by atoms with van der Waals surface area (Å²) < 4.78 is 14.0. The summed E-state index contributed by atoms with van der Waals surface area (Å²) >= 11 is 2.26. The van der Waals surface area contributed by atoms with Gasteiger partial charge in [0.2, 0.25) is 0 Å². The van der Waals surface area contributed by atoms with Crippen LogP contribution in [-0.4, -0.2) is 10.7 Å². The molecule has 2 aromatic carbocycles. The lowest BCUT2D eigenvalue weighted by atomic mass is 9.90. The third kappa shape index (κ3) is 4.58. The molecule has 1 N–H and O–H groups in total. The lowest BCUT2D eigenvalue weighted by Gasteiger charge is -2.23. The van der Waals surface area contributed by atoms with Crippen molar-refractivity contribution in [1.82, 2.24) is 0 Å². The standard InChI is InChI=1S/C16H16FIO/c1-16(19,10-12-2-6-14(17)7-3-12)11-13-4-8-15(18)9-5-13/h2-9,19H,10-11H2,1H3.